The van der Waals surface area contributed by atoms with E-state index in [-0.39, 0.29) is 46.6 Å². The average molecular weight is 1110 g/mol. The van der Waals surface area contributed by atoms with Crippen molar-refractivity contribution in [3.05, 3.63) is 124 Å². The van der Waals surface area contributed by atoms with E-state index in [0.29, 0.717) is 43.1 Å². The largest absolute Gasteiger partial charge is 0.508 e. The zero-order valence-electron chi connectivity index (χ0n) is 48.9. The molecule has 79 heavy (non-hydrogen) atoms. The number of carbonyl (C=O) groups is 2. The van der Waals surface area contributed by atoms with Gasteiger partial charge in [0.2, 0.25) is 11.8 Å². The lowest BCUT2D eigenvalue weighted by Gasteiger charge is -2.41. The normalized spacial score (nSPS) is 23.6. The van der Waals surface area contributed by atoms with Gasteiger partial charge in [0.25, 0.3) is 0 Å². The van der Waals surface area contributed by atoms with Crippen LogP contribution in [0.3, 0.4) is 0 Å². The van der Waals surface area contributed by atoms with E-state index in [4.69, 9.17) is 18.6 Å². The highest BCUT2D eigenvalue weighted by atomic mass is 32.1. The topological polar surface area (TPSA) is 131 Å². The van der Waals surface area contributed by atoms with E-state index in [1.165, 1.54) is 22.3 Å². The van der Waals surface area contributed by atoms with E-state index in [1.807, 2.05) is 51.6 Å². The number of ether oxygens (including phenoxy) is 3. The van der Waals surface area contributed by atoms with Crippen molar-refractivity contribution in [3.63, 3.8) is 0 Å². The number of aromatic nitrogens is 1. The molecule has 5 aromatic rings. The van der Waals surface area contributed by atoms with E-state index in [2.05, 4.69) is 89.1 Å². The summed E-state index contributed by atoms with van der Waals surface area (Å²) in [5.74, 6) is 5.24. The van der Waals surface area contributed by atoms with Gasteiger partial charge in [0, 0.05) is 66.1 Å². The number of phenolic OH excluding ortho intramolecular Hbond substituents is 1. The maximum absolute atomic E-state index is 14.0. The molecule has 11 nitrogen and oxygen atoms in total. The molecule has 428 valence electrons. The number of phenols is 1. The van der Waals surface area contributed by atoms with E-state index in [0.717, 1.165) is 137 Å². The molecule has 4 aliphatic carbocycles. The van der Waals surface area contributed by atoms with Crippen molar-refractivity contribution in [3.8, 4) is 23.0 Å². The van der Waals surface area contributed by atoms with Gasteiger partial charge in [0.15, 0.2) is 8.32 Å². The highest BCUT2D eigenvalue weighted by Crippen LogP contribution is 2.43. The second-order valence-electron chi connectivity index (χ2n) is 24.9. The van der Waals surface area contributed by atoms with Crippen molar-refractivity contribution in [2.75, 3.05) is 37.1 Å². The molecule has 0 aliphatic heterocycles. The highest BCUT2D eigenvalue weighted by molar-refractivity contribution is 7.09. The van der Waals surface area contributed by atoms with Gasteiger partial charge in [0.1, 0.15) is 34.6 Å². The molecule has 2 N–H and O–H groups in total. The van der Waals surface area contributed by atoms with Crippen molar-refractivity contribution >= 4 is 42.8 Å². The molecule has 1 aromatic heterocycles. The first-order chi connectivity index (χ1) is 37.9. The summed E-state index contributed by atoms with van der Waals surface area (Å²) < 4.78 is 23.6. The second kappa shape index (κ2) is 27.5. The number of hydrogen-bond donors (Lipinski definition) is 2. The quantitative estimate of drug-likeness (QED) is 0.0874. The van der Waals surface area contributed by atoms with Gasteiger partial charge < -0.3 is 38.6 Å². The van der Waals surface area contributed by atoms with Gasteiger partial charge in [-0.25, -0.2) is 4.98 Å². The maximum atomic E-state index is 14.0. The summed E-state index contributed by atoms with van der Waals surface area (Å²) in [5, 5.41) is 23.3. The van der Waals surface area contributed by atoms with Gasteiger partial charge in [-0.3, -0.25) is 9.59 Å². The minimum atomic E-state index is -1.82. The first-order valence-corrected chi connectivity index (χ1v) is 33.3. The molecular weight excluding hydrogens is 1020 g/mol. The van der Waals surface area contributed by atoms with Crippen molar-refractivity contribution in [2.45, 2.75) is 186 Å². The average Bonchev–Trinajstić information content (AvgIpc) is 4.00. The van der Waals surface area contributed by atoms with E-state index >= 15 is 0 Å². The van der Waals surface area contributed by atoms with E-state index in [1.54, 1.807) is 43.9 Å². The molecule has 13 heteroatoms. The smallest absolute Gasteiger partial charge is 0.230 e. The van der Waals surface area contributed by atoms with Crippen LogP contribution in [-0.4, -0.2) is 74.8 Å². The zero-order chi connectivity index (χ0) is 56.3. The van der Waals surface area contributed by atoms with Crippen molar-refractivity contribution in [1.82, 2.24) is 4.98 Å². The third kappa shape index (κ3) is 16.0. The number of aliphatic hydroxyl groups excluding tert-OH is 1. The van der Waals surface area contributed by atoms with Crippen molar-refractivity contribution in [2.24, 2.45) is 23.7 Å². The third-order valence-electron chi connectivity index (χ3n) is 18.3. The Morgan fingerprint density at radius 2 is 1.14 bits per heavy atom. The van der Waals surface area contributed by atoms with Crippen LogP contribution in [-0.2, 0) is 20.6 Å². The molecule has 0 atom stereocenters. The summed E-state index contributed by atoms with van der Waals surface area (Å²) in [7, 11) is 1.62. The zero-order valence-corrected chi connectivity index (χ0v) is 50.7. The van der Waals surface area contributed by atoms with Crippen molar-refractivity contribution in [1.29, 1.82) is 0 Å². The van der Waals surface area contributed by atoms with Gasteiger partial charge in [-0.1, -0.05) is 57.2 Å². The Bertz CT molecular complexity index is 2730. The van der Waals surface area contributed by atoms with E-state index < -0.39 is 8.32 Å². The number of amides is 2. The summed E-state index contributed by atoms with van der Waals surface area (Å²) in [6.45, 7) is 17.6. The van der Waals surface area contributed by atoms with E-state index in [9.17, 15) is 19.8 Å². The minimum Gasteiger partial charge on any atom is -0.508 e. The first kappa shape index (κ1) is 59.9. The fourth-order valence-corrected chi connectivity index (χ4v) is 14.4. The van der Waals surface area contributed by atoms with Crippen LogP contribution in [0.4, 0.5) is 11.4 Å². The Kier molecular flexibility index (Phi) is 20.9. The number of nitrogens with zero attached hydrogens (tertiary/aromatic N) is 3. The Labute approximate surface area is 477 Å². The van der Waals surface area contributed by atoms with Crippen LogP contribution >= 0.6 is 11.3 Å². The number of aliphatic hydroxyl groups is 1. The summed E-state index contributed by atoms with van der Waals surface area (Å²) in [6, 6.07) is 28.3. The lowest BCUT2D eigenvalue weighted by molar-refractivity contribution is -0.124. The van der Waals surface area contributed by atoms with Crippen LogP contribution in [0.1, 0.15) is 163 Å². The number of hydrogen-bond acceptors (Lipinski definition) is 10. The highest BCUT2D eigenvalue weighted by Gasteiger charge is 2.41. The summed E-state index contributed by atoms with van der Waals surface area (Å²) in [4.78, 5) is 36.2. The fourth-order valence-electron chi connectivity index (χ4n) is 12.5. The molecule has 2 amide bonds. The second-order valence-corrected chi connectivity index (χ2v) is 30.6. The molecule has 4 fully saturated rings. The van der Waals surface area contributed by atoms with Gasteiger partial charge in [0.05, 0.1) is 20.3 Å². The lowest BCUT2D eigenvalue weighted by Crippen LogP contribution is -2.46. The van der Waals surface area contributed by atoms with Gasteiger partial charge in [-0.2, -0.15) is 0 Å². The Hall–Kier alpha value is -5.21. The molecule has 1 heterocycles. The number of benzene rings is 4. The van der Waals surface area contributed by atoms with Crippen LogP contribution in [0.5, 0.6) is 23.0 Å². The fraction of sp³-hybridized carbons (Fsp3) is 0.561. The summed E-state index contributed by atoms with van der Waals surface area (Å²) >= 11 is 1.57. The Morgan fingerprint density at radius 1 is 0.646 bits per heavy atom. The summed E-state index contributed by atoms with van der Waals surface area (Å²) in [6.07, 6.45) is 17.2. The minimum absolute atomic E-state index is 0.0141. The predicted molar refractivity (Wildman–Crippen MR) is 323 cm³/mol. The van der Waals surface area contributed by atoms with Gasteiger partial charge in [-0.05, 0) is 217 Å². The number of rotatable bonds is 17. The molecule has 0 bridgehead atoms. The maximum Gasteiger partial charge on any atom is 0.230 e. The van der Waals surface area contributed by atoms with Crippen LogP contribution < -0.4 is 24.0 Å². The Morgan fingerprint density at radius 3 is 1.59 bits per heavy atom. The molecule has 4 saturated carbocycles. The predicted octanol–water partition coefficient (Wildman–Crippen LogP) is 15.5. The van der Waals surface area contributed by atoms with Crippen LogP contribution in [0.2, 0.25) is 18.1 Å². The summed E-state index contributed by atoms with van der Waals surface area (Å²) in [5.41, 5.74) is 6.88. The lowest BCUT2D eigenvalue weighted by atomic mass is 9.78. The standard InChI is InChI=1S/C34H51NO4Si.C32H40N2O4S/c1-24-21-28(17-20-32(24)38-5)26-13-11-25(12-14-26)23-35(29-9-8-10-30(36)22-29)33(37)27-15-18-31(19-16-27)39-40(6,7)34(2,3)4;1-22-18-26(12-15-30(22)37-2)24-8-6-23(7-9-24)20-34(32(36)25-10-13-28(35)14-11-25)27-4-3-5-29(19-27)38-21-31-33-16-17-39-31/h8-10,17,20-22,25-27,31,36H,11-16,18-19,23H2,1-7H3;3-5,12,15-19,23-25,28,35H,6-11,13-14,20-21H2,1-2H3. The molecule has 0 radical (unpaired) electrons. The Balaban J connectivity index is 0.000000208. The van der Waals surface area contributed by atoms with Crippen LogP contribution in [0.25, 0.3) is 0 Å². The number of aromatic hydroxyl groups is 1. The molecule has 4 aliphatic rings. The molecule has 0 unspecified atom stereocenters. The first-order valence-electron chi connectivity index (χ1n) is 29.6. The molecule has 0 saturated heterocycles. The number of thiazole rings is 1. The monoisotopic (exact) mass is 1110 g/mol. The molecule has 0 spiro atoms. The molecule has 4 aromatic carbocycles. The number of aryl methyl sites for hydroxylation is 2. The van der Waals surface area contributed by atoms with Crippen molar-refractivity contribution < 1.29 is 38.4 Å². The number of carbonyl (C=O) groups excluding carboxylic acids is 2. The third-order valence-corrected chi connectivity index (χ3v) is 23.6. The molecule has 9 rings (SSSR count). The van der Waals surface area contributed by atoms with Gasteiger partial charge in [-0.15, -0.1) is 11.3 Å². The van der Waals surface area contributed by atoms with Crippen LogP contribution in [0.15, 0.2) is 96.5 Å². The molecular formula is C66H91N3O8SSi. The van der Waals surface area contributed by atoms with Crippen LogP contribution in [0, 0.1) is 37.5 Å². The SMILES string of the molecule is COc1ccc(C2CCC(CN(C(=O)C3CCC(O)CC3)c3cccc(OCc4nccs4)c3)CC2)cc1C.COc1ccc(C2CCC(CN(C(=O)C3CCC(O[Si](C)(C)C(C)(C)C)CC3)c3cccc(O)c3)CC2)cc1C. The van der Waals surface area contributed by atoms with Gasteiger partial charge >= 0.3 is 0 Å². The number of methoxy groups -OCH3 is 2. The number of anilines is 2.